The molecule has 2 heterocycles. The van der Waals surface area contributed by atoms with E-state index in [4.69, 9.17) is 4.98 Å². The van der Waals surface area contributed by atoms with Crippen LogP contribution in [0.4, 0.5) is 5.69 Å². The van der Waals surface area contributed by atoms with Gasteiger partial charge in [0.15, 0.2) is 5.84 Å². The quantitative estimate of drug-likeness (QED) is 0.221. The van der Waals surface area contributed by atoms with Crippen molar-refractivity contribution in [3.63, 3.8) is 0 Å². The molecule has 43 heavy (non-hydrogen) atoms. The van der Waals surface area contributed by atoms with Gasteiger partial charge < -0.3 is 10.6 Å². The van der Waals surface area contributed by atoms with E-state index in [1.807, 2.05) is 56.4 Å². The average Bonchev–Trinajstić information content (AvgIpc) is 3.45. The van der Waals surface area contributed by atoms with E-state index in [2.05, 4.69) is 63.1 Å². The molecule has 6 rings (SSSR count). The Morgan fingerprint density at radius 2 is 1.67 bits per heavy atom. The molecule has 0 unspecified atom stereocenters. The van der Waals surface area contributed by atoms with Gasteiger partial charge in [0.1, 0.15) is 0 Å². The Balaban J connectivity index is 1.06. The maximum atomic E-state index is 13.1. The Morgan fingerprint density at radius 3 is 2.40 bits per heavy atom. The summed E-state index contributed by atoms with van der Waals surface area (Å²) in [6.07, 6.45) is 4.85. The predicted molar refractivity (Wildman–Crippen MR) is 170 cm³/mol. The number of hydrazine groups is 2. The number of fused-ring (bicyclic) bond motifs is 1. The molecule has 1 aliphatic carbocycles. The van der Waals surface area contributed by atoms with Crippen molar-refractivity contribution in [1.82, 2.24) is 26.4 Å². The Kier molecular flexibility index (Phi) is 8.33. The molecule has 1 aliphatic heterocycles. The zero-order chi connectivity index (χ0) is 29.8. The lowest BCUT2D eigenvalue weighted by Gasteiger charge is -2.28. The molecule has 2 aliphatic rings. The molecule has 0 bridgehead atoms. The Morgan fingerprint density at radius 1 is 0.930 bits per heavy atom. The average molecular weight is 576 g/mol. The van der Waals surface area contributed by atoms with Crippen LogP contribution in [0, 0.1) is 12.8 Å². The minimum atomic E-state index is -0.143. The van der Waals surface area contributed by atoms with Crippen LogP contribution in [0.3, 0.4) is 0 Å². The van der Waals surface area contributed by atoms with Gasteiger partial charge in [-0.1, -0.05) is 54.6 Å². The third-order valence-electron chi connectivity index (χ3n) is 8.34. The first kappa shape index (κ1) is 28.4. The van der Waals surface area contributed by atoms with Gasteiger partial charge in [-0.2, -0.15) is 0 Å². The van der Waals surface area contributed by atoms with E-state index < -0.39 is 0 Å². The summed E-state index contributed by atoms with van der Waals surface area (Å²) >= 11 is 0. The van der Waals surface area contributed by atoms with Gasteiger partial charge in [-0.15, -0.1) is 10.2 Å². The van der Waals surface area contributed by atoms with Crippen LogP contribution in [0.25, 0.3) is 22.0 Å². The summed E-state index contributed by atoms with van der Waals surface area (Å²) in [4.78, 5) is 30.3. The number of aryl methyl sites for hydroxylation is 1. The lowest BCUT2D eigenvalue weighted by molar-refractivity contribution is -0.122. The number of amidine groups is 1. The largest absolute Gasteiger partial charge is 0.349 e. The van der Waals surface area contributed by atoms with Crippen LogP contribution in [0.5, 0.6) is 0 Å². The summed E-state index contributed by atoms with van der Waals surface area (Å²) < 4.78 is 0. The van der Waals surface area contributed by atoms with Gasteiger partial charge in [0, 0.05) is 30.2 Å². The van der Waals surface area contributed by atoms with Crippen molar-refractivity contribution in [1.29, 1.82) is 0 Å². The highest BCUT2D eigenvalue weighted by atomic mass is 16.2. The number of hydrazone groups is 1. The number of benzene rings is 3. The first-order chi connectivity index (χ1) is 20.9. The lowest BCUT2D eigenvalue weighted by Crippen LogP contribution is -2.42. The number of para-hydroxylation sites is 1. The number of rotatable bonds is 8. The fourth-order valence-corrected chi connectivity index (χ4v) is 6.07. The van der Waals surface area contributed by atoms with Crippen molar-refractivity contribution in [2.24, 2.45) is 11.0 Å². The summed E-state index contributed by atoms with van der Waals surface area (Å²) in [5, 5.41) is 12.5. The monoisotopic (exact) mass is 575 g/mol. The van der Waals surface area contributed by atoms with Crippen LogP contribution >= 0.6 is 0 Å². The van der Waals surface area contributed by atoms with Crippen molar-refractivity contribution < 1.29 is 9.59 Å². The van der Waals surface area contributed by atoms with E-state index in [1.54, 1.807) is 5.12 Å². The Bertz CT molecular complexity index is 1650. The summed E-state index contributed by atoms with van der Waals surface area (Å²) in [5.74, 6) is 1.57. The first-order valence-corrected chi connectivity index (χ1v) is 14.9. The number of pyridine rings is 1. The van der Waals surface area contributed by atoms with Crippen LogP contribution in [0.2, 0.25) is 0 Å². The number of aromatic nitrogens is 1. The molecule has 220 valence electrons. The fourth-order valence-electron chi connectivity index (χ4n) is 6.07. The number of hydrogen-bond acceptors (Lipinski definition) is 7. The zero-order valence-electron chi connectivity index (χ0n) is 24.6. The van der Waals surface area contributed by atoms with Gasteiger partial charge >= 0.3 is 0 Å². The van der Waals surface area contributed by atoms with Crippen molar-refractivity contribution in [2.45, 2.75) is 44.9 Å². The van der Waals surface area contributed by atoms with Crippen molar-refractivity contribution in [2.75, 3.05) is 18.9 Å². The van der Waals surface area contributed by atoms with Crippen molar-refractivity contribution >= 4 is 34.2 Å². The summed E-state index contributed by atoms with van der Waals surface area (Å²) in [7, 11) is 1.82. The molecule has 3 aromatic carbocycles. The van der Waals surface area contributed by atoms with E-state index in [0.29, 0.717) is 36.2 Å². The number of carbonyl (C=O) groups is 2. The maximum absolute atomic E-state index is 13.1. The Labute approximate surface area is 251 Å². The van der Waals surface area contributed by atoms with E-state index >= 15 is 0 Å². The van der Waals surface area contributed by atoms with Crippen LogP contribution in [-0.4, -0.2) is 41.3 Å². The SMILES string of the molecule is Cc1cc(C(=O)Nc2ccccc2)c2ccc(-c3ccc(C4CCC(CC(=O)NCC5=NNN(C)N5)CC4)cc3)cc2n1. The number of nitrogens with one attached hydrogen (secondary N) is 4. The number of amides is 2. The van der Waals surface area contributed by atoms with Crippen LogP contribution in [-0.2, 0) is 4.79 Å². The molecule has 0 atom stereocenters. The number of carbonyl (C=O) groups excluding carboxylic acids is 2. The lowest BCUT2D eigenvalue weighted by atomic mass is 9.77. The molecule has 9 nitrogen and oxygen atoms in total. The second kappa shape index (κ2) is 12.6. The topological polar surface area (TPSA) is 111 Å². The first-order valence-electron chi connectivity index (χ1n) is 14.9. The van der Waals surface area contributed by atoms with Crippen LogP contribution < -0.4 is 21.6 Å². The standard InChI is InChI=1S/C34H37N7O2/c1-22-18-30(34(43)37-28-6-4-3-5-7-28)29-17-16-27(20-31(29)36-22)26-14-12-25(13-15-26)24-10-8-23(9-11-24)19-33(42)35-21-32-38-40-41(2)39-32/h3-7,12-18,20,23-24,40H,8-11,19,21H2,1-2H3,(H,35,42)(H,37,43)(H,38,39). The normalized spacial score (nSPS) is 18.4. The molecular formula is C34H37N7O2. The van der Waals surface area contributed by atoms with Gasteiger partial charge in [-0.3, -0.25) is 20.0 Å². The minimum Gasteiger partial charge on any atom is -0.349 e. The molecule has 9 heteroatoms. The van der Waals surface area contributed by atoms with Gasteiger partial charge in [0.25, 0.3) is 5.91 Å². The molecule has 0 saturated heterocycles. The fraction of sp³-hybridized carbons (Fsp3) is 0.294. The highest BCUT2D eigenvalue weighted by Crippen LogP contribution is 2.38. The summed E-state index contributed by atoms with van der Waals surface area (Å²) in [6.45, 7) is 2.32. The molecule has 2 amide bonds. The van der Waals surface area contributed by atoms with Gasteiger partial charge in [0.2, 0.25) is 5.91 Å². The van der Waals surface area contributed by atoms with Crippen LogP contribution in [0.15, 0.2) is 84.0 Å². The molecule has 4 N–H and O–H groups in total. The van der Waals surface area contributed by atoms with E-state index in [9.17, 15) is 9.59 Å². The molecular weight excluding hydrogens is 538 g/mol. The van der Waals surface area contributed by atoms with Crippen molar-refractivity contribution in [3.05, 3.63) is 95.7 Å². The summed E-state index contributed by atoms with van der Waals surface area (Å²) in [6, 6.07) is 26.3. The van der Waals surface area contributed by atoms with Crippen molar-refractivity contribution in [3.8, 4) is 11.1 Å². The molecule has 1 saturated carbocycles. The third-order valence-corrected chi connectivity index (χ3v) is 8.34. The molecule has 0 spiro atoms. The third kappa shape index (κ3) is 6.84. The van der Waals surface area contributed by atoms with Gasteiger partial charge in [0.05, 0.1) is 17.6 Å². The van der Waals surface area contributed by atoms with Crippen LogP contribution in [0.1, 0.15) is 59.6 Å². The second-order valence-electron chi connectivity index (χ2n) is 11.5. The zero-order valence-corrected chi connectivity index (χ0v) is 24.6. The number of hydrogen-bond donors (Lipinski definition) is 4. The van der Waals surface area contributed by atoms with Gasteiger partial charge in [-0.25, -0.2) is 5.53 Å². The van der Waals surface area contributed by atoms with E-state index in [0.717, 1.165) is 59.1 Å². The highest BCUT2D eigenvalue weighted by molar-refractivity contribution is 6.12. The molecule has 1 aromatic heterocycles. The van der Waals surface area contributed by atoms with E-state index in [1.165, 1.54) is 5.56 Å². The van der Waals surface area contributed by atoms with E-state index in [-0.39, 0.29) is 11.8 Å². The number of anilines is 1. The minimum absolute atomic E-state index is 0.0795. The maximum Gasteiger partial charge on any atom is 0.256 e. The second-order valence-corrected chi connectivity index (χ2v) is 11.5. The van der Waals surface area contributed by atoms with Gasteiger partial charge in [-0.05, 0) is 85.4 Å². The highest BCUT2D eigenvalue weighted by Gasteiger charge is 2.24. The smallest absolute Gasteiger partial charge is 0.256 e. The molecule has 4 aromatic rings. The Hall–Kier alpha value is -4.76. The predicted octanol–water partition coefficient (Wildman–Crippen LogP) is 5.51. The molecule has 0 radical (unpaired) electrons. The molecule has 1 fully saturated rings. The number of nitrogens with zero attached hydrogens (tertiary/aromatic N) is 3. The summed E-state index contributed by atoms with van der Waals surface area (Å²) in [5.41, 5.74) is 12.3.